The van der Waals surface area contributed by atoms with E-state index in [1.54, 1.807) is 0 Å². The van der Waals surface area contributed by atoms with Gasteiger partial charge in [0, 0.05) is 5.54 Å². The zero-order valence-electron chi connectivity index (χ0n) is 10.8. The molecule has 0 radical (unpaired) electrons. The van der Waals surface area contributed by atoms with E-state index in [0.717, 1.165) is 5.75 Å². The van der Waals surface area contributed by atoms with Crippen LogP contribution in [0.15, 0.2) is 24.3 Å². The predicted octanol–water partition coefficient (Wildman–Crippen LogP) is 2.09. The molecule has 0 atom stereocenters. The van der Waals surface area contributed by atoms with Gasteiger partial charge in [-0.1, -0.05) is 12.1 Å². The summed E-state index contributed by atoms with van der Waals surface area (Å²) in [6.07, 6.45) is 0. The van der Waals surface area contributed by atoms with Crippen LogP contribution in [-0.2, 0) is 10.2 Å². The SMILES string of the molecule is CCOc1cccc(C2(C(C)(C)N)COC2)c1. The van der Waals surface area contributed by atoms with Crippen molar-refractivity contribution >= 4 is 0 Å². The first-order valence-electron chi connectivity index (χ1n) is 6.09. The summed E-state index contributed by atoms with van der Waals surface area (Å²) >= 11 is 0. The summed E-state index contributed by atoms with van der Waals surface area (Å²) in [5.41, 5.74) is 7.14. The lowest BCUT2D eigenvalue weighted by Gasteiger charge is -2.51. The lowest BCUT2D eigenvalue weighted by molar-refractivity contribution is -0.0919. The van der Waals surface area contributed by atoms with Crippen molar-refractivity contribution in [1.29, 1.82) is 0 Å². The van der Waals surface area contributed by atoms with Crippen molar-refractivity contribution in [1.82, 2.24) is 0 Å². The Morgan fingerprint density at radius 1 is 1.41 bits per heavy atom. The van der Waals surface area contributed by atoms with Crippen LogP contribution < -0.4 is 10.5 Å². The van der Waals surface area contributed by atoms with Crippen molar-refractivity contribution in [3.8, 4) is 5.75 Å². The molecule has 2 N–H and O–H groups in total. The van der Waals surface area contributed by atoms with Gasteiger partial charge in [-0.2, -0.15) is 0 Å². The van der Waals surface area contributed by atoms with Crippen molar-refractivity contribution in [3.05, 3.63) is 29.8 Å². The number of nitrogens with two attached hydrogens (primary N) is 1. The Labute approximate surface area is 103 Å². The summed E-state index contributed by atoms with van der Waals surface area (Å²) in [5.74, 6) is 0.903. The Morgan fingerprint density at radius 2 is 2.12 bits per heavy atom. The van der Waals surface area contributed by atoms with Gasteiger partial charge in [-0.15, -0.1) is 0 Å². The Hall–Kier alpha value is -1.06. The van der Waals surface area contributed by atoms with Crippen molar-refractivity contribution < 1.29 is 9.47 Å². The van der Waals surface area contributed by atoms with Gasteiger partial charge >= 0.3 is 0 Å². The van der Waals surface area contributed by atoms with E-state index in [4.69, 9.17) is 15.2 Å². The van der Waals surface area contributed by atoms with Gasteiger partial charge in [0.2, 0.25) is 0 Å². The van der Waals surface area contributed by atoms with Gasteiger partial charge in [0.15, 0.2) is 0 Å². The van der Waals surface area contributed by atoms with Crippen LogP contribution >= 0.6 is 0 Å². The van der Waals surface area contributed by atoms with E-state index in [2.05, 4.69) is 26.0 Å². The van der Waals surface area contributed by atoms with Crippen LogP contribution in [0.4, 0.5) is 0 Å². The summed E-state index contributed by atoms with van der Waals surface area (Å²) in [7, 11) is 0. The summed E-state index contributed by atoms with van der Waals surface area (Å²) < 4.78 is 10.9. The largest absolute Gasteiger partial charge is 0.494 e. The molecule has 3 heteroatoms. The van der Waals surface area contributed by atoms with Gasteiger partial charge in [0.25, 0.3) is 0 Å². The van der Waals surface area contributed by atoms with Crippen LogP contribution in [0.1, 0.15) is 26.3 Å². The van der Waals surface area contributed by atoms with E-state index < -0.39 is 0 Å². The number of hydrogen-bond donors (Lipinski definition) is 1. The fraction of sp³-hybridized carbons (Fsp3) is 0.571. The fourth-order valence-corrected chi connectivity index (χ4v) is 2.27. The molecule has 0 unspecified atom stereocenters. The van der Waals surface area contributed by atoms with E-state index in [1.807, 2.05) is 19.1 Å². The second kappa shape index (κ2) is 4.31. The molecule has 1 aromatic carbocycles. The van der Waals surface area contributed by atoms with Crippen molar-refractivity contribution in [2.24, 2.45) is 5.73 Å². The van der Waals surface area contributed by atoms with Gasteiger partial charge in [-0.25, -0.2) is 0 Å². The van der Waals surface area contributed by atoms with Gasteiger partial charge < -0.3 is 15.2 Å². The molecular formula is C14H21NO2. The summed E-state index contributed by atoms with van der Waals surface area (Å²) in [5, 5.41) is 0. The van der Waals surface area contributed by atoms with Gasteiger partial charge in [0.1, 0.15) is 5.75 Å². The van der Waals surface area contributed by atoms with Crippen molar-refractivity contribution in [3.63, 3.8) is 0 Å². The first-order chi connectivity index (χ1) is 7.99. The van der Waals surface area contributed by atoms with Crippen LogP contribution in [0.25, 0.3) is 0 Å². The minimum Gasteiger partial charge on any atom is -0.494 e. The predicted molar refractivity (Wildman–Crippen MR) is 68.4 cm³/mol. The van der Waals surface area contributed by atoms with E-state index in [9.17, 15) is 0 Å². The smallest absolute Gasteiger partial charge is 0.119 e. The minimum atomic E-state index is -0.296. The average molecular weight is 235 g/mol. The third-order valence-electron chi connectivity index (χ3n) is 3.63. The topological polar surface area (TPSA) is 44.5 Å². The molecule has 1 aliphatic heterocycles. The number of rotatable bonds is 4. The fourth-order valence-electron chi connectivity index (χ4n) is 2.27. The van der Waals surface area contributed by atoms with Gasteiger partial charge in [-0.05, 0) is 38.5 Å². The number of hydrogen-bond acceptors (Lipinski definition) is 3. The molecule has 1 fully saturated rings. The zero-order valence-corrected chi connectivity index (χ0v) is 10.8. The summed E-state index contributed by atoms with van der Waals surface area (Å²) in [4.78, 5) is 0. The van der Waals surface area contributed by atoms with Gasteiger partial charge in [0.05, 0.1) is 25.2 Å². The maximum Gasteiger partial charge on any atom is 0.119 e. The number of benzene rings is 1. The molecule has 2 rings (SSSR count). The summed E-state index contributed by atoms with van der Waals surface area (Å²) in [6, 6.07) is 8.19. The zero-order chi connectivity index (χ0) is 12.5. The van der Waals surface area contributed by atoms with Crippen LogP contribution in [0, 0.1) is 0 Å². The third-order valence-corrected chi connectivity index (χ3v) is 3.63. The van der Waals surface area contributed by atoms with Crippen molar-refractivity contribution in [2.75, 3.05) is 19.8 Å². The normalized spacial score (nSPS) is 18.6. The third kappa shape index (κ3) is 2.05. The molecule has 3 nitrogen and oxygen atoms in total. The first-order valence-corrected chi connectivity index (χ1v) is 6.09. The number of ether oxygens (including phenoxy) is 2. The average Bonchev–Trinajstić information content (AvgIpc) is 2.14. The Balaban J connectivity index is 2.35. The van der Waals surface area contributed by atoms with E-state index in [0.29, 0.717) is 19.8 Å². The molecule has 1 aromatic rings. The Bertz CT molecular complexity index is 391. The molecule has 1 heterocycles. The lowest BCUT2D eigenvalue weighted by Crippen LogP contribution is -2.64. The molecule has 0 amide bonds. The van der Waals surface area contributed by atoms with E-state index in [1.165, 1.54) is 5.56 Å². The molecule has 0 bridgehead atoms. The quantitative estimate of drug-likeness (QED) is 0.869. The standard InChI is InChI=1S/C14H21NO2/c1-4-17-12-7-5-6-11(8-12)14(9-16-10-14)13(2,3)15/h5-8H,4,9-10,15H2,1-3H3. The minimum absolute atomic E-state index is 0.0832. The van der Waals surface area contributed by atoms with Crippen LogP contribution in [0.2, 0.25) is 0 Å². The van der Waals surface area contributed by atoms with E-state index in [-0.39, 0.29) is 11.0 Å². The maximum atomic E-state index is 6.31. The Kier molecular flexibility index (Phi) is 3.15. The lowest BCUT2D eigenvalue weighted by atomic mass is 9.66. The first kappa shape index (κ1) is 12.4. The molecule has 0 aromatic heterocycles. The highest BCUT2D eigenvalue weighted by atomic mass is 16.5. The van der Waals surface area contributed by atoms with E-state index >= 15 is 0 Å². The highest BCUT2D eigenvalue weighted by Gasteiger charge is 2.50. The molecule has 0 saturated carbocycles. The monoisotopic (exact) mass is 235 g/mol. The van der Waals surface area contributed by atoms with Crippen LogP contribution in [-0.4, -0.2) is 25.4 Å². The molecule has 0 spiro atoms. The van der Waals surface area contributed by atoms with Crippen molar-refractivity contribution in [2.45, 2.75) is 31.7 Å². The molecule has 1 aliphatic rings. The maximum absolute atomic E-state index is 6.31. The Morgan fingerprint density at radius 3 is 2.59 bits per heavy atom. The van der Waals surface area contributed by atoms with Crippen LogP contribution in [0.3, 0.4) is 0 Å². The molecule has 94 valence electrons. The highest BCUT2D eigenvalue weighted by molar-refractivity contribution is 5.38. The second-order valence-electron chi connectivity index (χ2n) is 5.26. The van der Waals surface area contributed by atoms with Gasteiger partial charge in [-0.3, -0.25) is 0 Å². The molecule has 1 saturated heterocycles. The highest BCUT2D eigenvalue weighted by Crippen LogP contribution is 2.41. The molecule has 0 aliphatic carbocycles. The summed E-state index contributed by atoms with van der Waals surface area (Å²) in [6.45, 7) is 8.16. The second-order valence-corrected chi connectivity index (χ2v) is 5.26. The molecular weight excluding hydrogens is 214 g/mol. The van der Waals surface area contributed by atoms with Crippen LogP contribution in [0.5, 0.6) is 5.75 Å². The molecule has 17 heavy (non-hydrogen) atoms.